The molecule has 1 aliphatic rings. The number of fused-ring (bicyclic) bond motifs is 2. The summed E-state index contributed by atoms with van der Waals surface area (Å²) >= 11 is 1.00. The Labute approximate surface area is 175 Å². The summed E-state index contributed by atoms with van der Waals surface area (Å²) < 4.78 is 1.46. The Balaban J connectivity index is 1.73. The number of carbonyl (C=O) groups is 1. The molecule has 4 aromatic rings. The Morgan fingerprint density at radius 3 is 2.67 bits per heavy atom. The van der Waals surface area contributed by atoms with Crippen LogP contribution in [0.3, 0.4) is 0 Å². The molecule has 2 aromatic heterocycles. The van der Waals surface area contributed by atoms with Crippen LogP contribution in [0.25, 0.3) is 16.0 Å². The van der Waals surface area contributed by atoms with Gasteiger partial charge in [0.15, 0.2) is 5.82 Å². The fraction of sp³-hybridized carbons (Fsp3) is 0.136. The van der Waals surface area contributed by atoms with Crippen LogP contribution in [0, 0.1) is 0 Å². The van der Waals surface area contributed by atoms with E-state index in [4.69, 9.17) is 5.73 Å². The number of hydrogen-bond acceptors (Lipinski definition) is 6. The molecule has 0 fully saturated rings. The summed E-state index contributed by atoms with van der Waals surface area (Å²) in [4.78, 5) is 31.2. The number of carboxylic acid groups (broad SMARTS) is 1. The lowest BCUT2D eigenvalue weighted by Gasteiger charge is -2.32. The van der Waals surface area contributed by atoms with E-state index in [0.717, 1.165) is 42.1 Å². The molecule has 30 heavy (non-hydrogen) atoms. The molecule has 5 rings (SSSR count). The van der Waals surface area contributed by atoms with Gasteiger partial charge in [-0.3, -0.25) is 9.36 Å². The summed E-state index contributed by atoms with van der Waals surface area (Å²) in [7, 11) is 0. The summed E-state index contributed by atoms with van der Waals surface area (Å²) in [5, 5.41) is 9.36. The lowest BCUT2D eigenvalue weighted by molar-refractivity contribution is 0.0702. The van der Waals surface area contributed by atoms with Gasteiger partial charge in [0.25, 0.3) is 5.56 Å². The second-order valence-electron chi connectivity index (χ2n) is 7.15. The number of aromatic nitrogens is 2. The fourth-order valence-corrected chi connectivity index (χ4v) is 4.80. The molecule has 0 saturated carbocycles. The lowest BCUT2D eigenvalue weighted by Crippen LogP contribution is -2.26. The second-order valence-corrected chi connectivity index (χ2v) is 8.18. The first-order valence-electron chi connectivity index (χ1n) is 9.54. The quantitative estimate of drug-likeness (QED) is 0.525. The largest absolute Gasteiger partial charge is 0.477 e. The normalized spacial score (nSPS) is 13.4. The molecule has 7 nitrogen and oxygen atoms in total. The SMILES string of the molecule is Nc1nc2sc(C(=O)O)cc2n(-c2ccc3c(c2)N(c2ccccc2)CCC3)c1=O. The molecular weight excluding hydrogens is 400 g/mol. The van der Waals surface area contributed by atoms with Gasteiger partial charge in [-0.15, -0.1) is 11.3 Å². The van der Waals surface area contributed by atoms with E-state index in [2.05, 4.69) is 22.0 Å². The highest BCUT2D eigenvalue weighted by Crippen LogP contribution is 2.35. The minimum atomic E-state index is -1.06. The number of benzene rings is 2. The fourth-order valence-electron chi connectivity index (χ4n) is 3.93. The Kier molecular flexibility index (Phi) is 4.29. The number of thiophene rings is 1. The van der Waals surface area contributed by atoms with E-state index in [1.807, 2.05) is 36.4 Å². The molecule has 0 atom stereocenters. The summed E-state index contributed by atoms with van der Waals surface area (Å²) in [6.45, 7) is 0.880. The molecule has 8 heteroatoms. The Morgan fingerprint density at radius 1 is 1.10 bits per heavy atom. The molecule has 0 bridgehead atoms. The number of aryl methyl sites for hydroxylation is 1. The number of para-hydroxylation sites is 1. The number of nitrogens with two attached hydrogens (primary N) is 1. The van der Waals surface area contributed by atoms with E-state index in [1.165, 1.54) is 16.2 Å². The van der Waals surface area contributed by atoms with Gasteiger partial charge >= 0.3 is 5.97 Å². The van der Waals surface area contributed by atoms with Gasteiger partial charge in [-0.2, -0.15) is 0 Å². The molecule has 3 N–H and O–H groups in total. The third-order valence-electron chi connectivity index (χ3n) is 5.30. The summed E-state index contributed by atoms with van der Waals surface area (Å²) in [5.74, 6) is -1.21. The van der Waals surface area contributed by atoms with Crippen LogP contribution < -0.4 is 16.2 Å². The van der Waals surface area contributed by atoms with Crippen molar-refractivity contribution in [2.75, 3.05) is 17.2 Å². The first-order valence-corrected chi connectivity index (χ1v) is 10.4. The van der Waals surface area contributed by atoms with E-state index in [0.29, 0.717) is 16.0 Å². The molecule has 1 aliphatic heterocycles. The molecule has 0 amide bonds. The predicted octanol–water partition coefficient (Wildman–Crippen LogP) is 3.81. The summed E-state index contributed by atoms with van der Waals surface area (Å²) in [6.07, 6.45) is 2.00. The van der Waals surface area contributed by atoms with Crippen molar-refractivity contribution >= 4 is 44.8 Å². The van der Waals surface area contributed by atoms with Crippen molar-refractivity contribution in [1.29, 1.82) is 0 Å². The third-order valence-corrected chi connectivity index (χ3v) is 6.31. The van der Waals surface area contributed by atoms with Gasteiger partial charge in [0.05, 0.1) is 11.2 Å². The number of nitrogen functional groups attached to an aromatic ring is 1. The molecule has 2 aromatic carbocycles. The van der Waals surface area contributed by atoms with Crippen molar-refractivity contribution in [3.05, 3.63) is 75.4 Å². The topological polar surface area (TPSA) is 101 Å². The van der Waals surface area contributed by atoms with Crippen LogP contribution in [0.1, 0.15) is 21.7 Å². The first kappa shape index (κ1) is 18.4. The average Bonchev–Trinajstić information content (AvgIpc) is 3.18. The van der Waals surface area contributed by atoms with E-state index in [-0.39, 0.29) is 10.7 Å². The van der Waals surface area contributed by atoms with Crippen LogP contribution in [-0.4, -0.2) is 27.2 Å². The van der Waals surface area contributed by atoms with Crippen molar-refractivity contribution < 1.29 is 9.90 Å². The maximum Gasteiger partial charge on any atom is 0.346 e. The smallest absolute Gasteiger partial charge is 0.346 e. The molecule has 0 saturated heterocycles. The second kappa shape index (κ2) is 7.00. The van der Waals surface area contributed by atoms with Crippen LogP contribution in [-0.2, 0) is 6.42 Å². The van der Waals surface area contributed by atoms with Gasteiger partial charge < -0.3 is 15.7 Å². The van der Waals surface area contributed by atoms with Gasteiger partial charge in [0, 0.05) is 17.9 Å². The van der Waals surface area contributed by atoms with Crippen LogP contribution in [0.15, 0.2) is 59.4 Å². The standard InChI is InChI=1S/C22H18N4O3S/c23-19-21(27)26(17-12-18(22(28)29)30-20(17)24-19)15-9-8-13-5-4-10-25(16(13)11-15)14-6-2-1-3-7-14/h1-3,6-9,11-12H,4-5,10H2,(H2,23,24)(H,28,29). The highest BCUT2D eigenvalue weighted by atomic mass is 32.1. The number of rotatable bonds is 3. The Morgan fingerprint density at radius 2 is 1.90 bits per heavy atom. The van der Waals surface area contributed by atoms with Crippen molar-refractivity contribution in [2.45, 2.75) is 12.8 Å². The van der Waals surface area contributed by atoms with E-state index >= 15 is 0 Å². The first-order chi connectivity index (χ1) is 14.5. The number of hydrogen-bond donors (Lipinski definition) is 2. The van der Waals surface area contributed by atoms with Gasteiger partial charge in [-0.25, -0.2) is 9.78 Å². The van der Waals surface area contributed by atoms with E-state index in [9.17, 15) is 14.7 Å². The van der Waals surface area contributed by atoms with Crippen LogP contribution in [0.5, 0.6) is 0 Å². The zero-order valence-electron chi connectivity index (χ0n) is 15.9. The molecule has 0 radical (unpaired) electrons. The van der Waals surface area contributed by atoms with Gasteiger partial charge in [0.1, 0.15) is 9.71 Å². The Bertz CT molecular complexity index is 1340. The number of carboxylic acids is 1. The molecule has 0 aliphatic carbocycles. The number of aromatic carboxylic acids is 1. The van der Waals surface area contributed by atoms with Crippen LogP contribution in [0.2, 0.25) is 0 Å². The monoisotopic (exact) mass is 418 g/mol. The zero-order valence-corrected chi connectivity index (χ0v) is 16.7. The average molecular weight is 418 g/mol. The highest BCUT2D eigenvalue weighted by molar-refractivity contribution is 7.20. The van der Waals surface area contributed by atoms with Crippen LogP contribution in [0.4, 0.5) is 17.2 Å². The summed E-state index contributed by atoms with van der Waals surface area (Å²) in [6, 6.07) is 17.5. The van der Waals surface area contributed by atoms with Crippen molar-refractivity contribution in [3.63, 3.8) is 0 Å². The maximum absolute atomic E-state index is 12.9. The van der Waals surface area contributed by atoms with Gasteiger partial charge in [-0.05, 0) is 48.7 Å². The van der Waals surface area contributed by atoms with Crippen molar-refractivity contribution in [1.82, 2.24) is 9.55 Å². The van der Waals surface area contributed by atoms with Crippen molar-refractivity contribution in [3.8, 4) is 5.69 Å². The Hall–Kier alpha value is -3.65. The molecule has 150 valence electrons. The van der Waals surface area contributed by atoms with Gasteiger partial charge in [-0.1, -0.05) is 24.3 Å². The highest BCUT2D eigenvalue weighted by Gasteiger charge is 2.21. The zero-order chi connectivity index (χ0) is 20.8. The van der Waals surface area contributed by atoms with E-state index in [1.54, 1.807) is 0 Å². The van der Waals surface area contributed by atoms with Crippen LogP contribution >= 0.6 is 11.3 Å². The molecular formula is C22H18N4O3S. The summed E-state index contributed by atoms with van der Waals surface area (Å²) in [5.41, 5.74) is 9.82. The van der Waals surface area contributed by atoms with E-state index < -0.39 is 11.5 Å². The predicted molar refractivity (Wildman–Crippen MR) is 118 cm³/mol. The minimum absolute atomic E-state index is 0.111. The van der Waals surface area contributed by atoms with Crippen molar-refractivity contribution in [2.24, 2.45) is 0 Å². The maximum atomic E-state index is 12.9. The number of nitrogens with zero attached hydrogens (tertiary/aromatic N) is 3. The third kappa shape index (κ3) is 2.93. The van der Waals surface area contributed by atoms with Gasteiger partial charge in [0.2, 0.25) is 0 Å². The number of anilines is 3. The minimum Gasteiger partial charge on any atom is -0.477 e. The molecule has 3 heterocycles. The lowest BCUT2D eigenvalue weighted by atomic mass is 10.00. The molecule has 0 spiro atoms. The molecule has 0 unspecified atom stereocenters.